The number of hydrogen-bond donors (Lipinski definition) is 2. The summed E-state index contributed by atoms with van der Waals surface area (Å²) in [5.41, 5.74) is -1.56. The van der Waals surface area contributed by atoms with Crippen molar-refractivity contribution in [3.63, 3.8) is 0 Å². The third-order valence-electron chi connectivity index (χ3n) is 24.6. The molecule has 4 aliphatic carbocycles. The molecule has 0 aromatic heterocycles. The van der Waals surface area contributed by atoms with Crippen LogP contribution in [0.15, 0.2) is 12.2 Å². The SMILES string of the molecule is CCC[C@H]1C(=O)N[C@@H]([C@@H](C)CC)C(=O)N(C2CC2)CC(=O)N(C)[C@H]2C/C=C\CCN(C2=O)[C@@H](CC2CCCCC2)C(=O)N(C)CC(=O)N[C@@H](CCC2CCC(C(F)(F)F)C(OC)C2)C(=O)N2C[C@H](OCC)C[C@H]2C(=O)N(C)C2(CCC2)C(=O)N(C)[C@@H](C(CC)CC)C(=O)N(C)[C@H](C(=O)N(C)C)CC(=O)N1C. The van der Waals surface area contributed by atoms with Gasteiger partial charge in [0.1, 0.15) is 60.4 Å². The number of rotatable bonds is 17. The molecule has 2 N–H and O–H groups in total. The maximum absolute atomic E-state index is 15.8. The standard InChI is InChI=1S/C77H125F3N12O14/c1-16-28-56-67(96)82-65(48(6)17-2)73(102)91(52-34-35-52)47-64(95)86(11)57-31-25-22-26-40-90(72(57)101)59(41-49-29-23-21-24-30-49)70(99)84(9)46-62(93)81-55(37-33-50-32-36-54(77(78,79)80)61(42-50)105-15)68(97)92-45-53(106-20-5)43-60(92)71(100)89(14)76(38-27-39-76)75(104)88(13)66(51(18-3)19-4)74(103)87(12)58(69(98)83(7)8)44-63(94)85(56)10/h22,25,48-61,65-66H,16-21,23-24,26-47H2,1-15H3,(H,81,93)(H,82,96)/b25-22-/t48-,50?,53+,54?,55-,56-,57-,58-,59-,60-,61?,65-,66-/m0/s1. The first kappa shape index (κ1) is 86.3. The van der Waals surface area contributed by atoms with Crippen LogP contribution in [0.5, 0.6) is 0 Å². The largest absolute Gasteiger partial charge is 0.394 e. The molecule has 0 aromatic carbocycles. The molecule has 106 heavy (non-hydrogen) atoms. The Labute approximate surface area is 626 Å². The third kappa shape index (κ3) is 20.3. The summed E-state index contributed by atoms with van der Waals surface area (Å²) < 4.78 is 54.6. The molecule has 3 aliphatic heterocycles. The van der Waals surface area contributed by atoms with E-state index in [0.29, 0.717) is 51.4 Å². The van der Waals surface area contributed by atoms with E-state index in [4.69, 9.17) is 9.47 Å². The lowest BCUT2D eigenvalue weighted by molar-refractivity contribution is -0.215. The summed E-state index contributed by atoms with van der Waals surface area (Å²) in [5, 5.41) is 5.88. The molecule has 13 atom stereocenters. The minimum Gasteiger partial charge on any atom is -0.381 e. The van der Waals surface area contributed by atoms with E-state index in [1.54, 1.807) is 13.8 Å². The van der Waals surface area contributed by atoms with E-state index in [0.717, 1.165) is 32.1 Å². The number of alkyl halides is 3. The van der Waals surface area contributed by atoms with Crippen molar-refractivity contribution in [2.75, 3.05) is 96.3 Å². The zero-order valence-electron chi connectivity index (χ0n) is 65.9. The highest BCUT2D eigenvalue weighted by Gasteiger charge is 2.57. The van der Waals surface area contributed by atoms with E-state index < -0.39 is 180 Å². The fraction of sp³-hybridized carbons (Fsp3) is 0.818. The second-order valence-electron chi connectivity index (χ2n) is 31.6. The van der Waals surface area contributed by atoms with Crippen LogP contribution in [0.4, 0.5) is 13.2 Å². The molecule has 7 rings (SSSR count). The van der Waals surface area contributed by atoms with Gasteiger partial charge in [0.15, 0.2) is 0 Å². The molecule has 6 fully saturated rings. The fourth-order valence-electron chi connectivity index (χ4n) is 17.2. The number of ether oxygens (including phenoxy) is 2. The summed E-state index contributed by atoms with van der Waals surface area (Å²) in [6.45, 7) is 10.1. The molecule has 4 saturated carbocycles. The Bertz CT molecular complexity index is 3120. The molecule has 7 aliphatic rings. The van der Waals surface area contributed by atoms with E-state index >= 15 is 33.6 Å². The molecule has 0 radical (unpaired) electrons. The molecule has 12 amide bonds. The first-order valence-electron chi connectivity index (χ1n) is 39.3. The Morgan fingerprint density at radius 3 is 1.90 bits per heavy atom. The van der Waals surface area contributed by atoms with Gasteiger partial charge in [-0.05, 0) is 120 Å². The molecular weight excluding hydrogens is 1370 g/mol. The highest BCUT2D eigenvalue weighted by atomic mass is 19.4. The van der Waals surface area contributed by atoms with Gasteiger partial charge >= 0.3 is 6.18 Å². The second kappa shape index (κ2) is 38.4. The van der Waals surface area contributed by atoms with Crippen molar-refractivity contribution in [2.45, 2.75) is 280 Å². The van der Waals surface area contributed by atoms with Gasteiger partial charge in [0.05, 0.1) is 31.1 Å². The molecule has 1 spiro atoms. The number of hydrogen-bond acceptors (Lipinski definition) is 14. The van der Waals surface area contributed by atoms with Crippen LogP contribution in [-0.4, -0.2) is 294 Å². The lowest BCUT2D eigenvalue weighted by atomic mass is 9.73. The van der Waals surface area contributed by atoms with Crippen LogP contribution in [0.3, 0.4) is 0 Å². The summed E-state index contributed by atoms with van der Waals surface area (Å²) >= 11 is 0. The van der Waals surface area contributed by atoms with Crippen molar-refractivity contribution in [1.29, 1.82) is 0 Å². The van der Waals surface area contributed by atoms with Gasteiger partial charge in [-0.2, -0.15) is 13.2 Å². The Kier molecular flexibility index (Phi) is 31.3. The Hall–Kier alpha value is -6.91. The third-order valence-corrected chi connectivity index (χ3v) is 24.6. The number of amides is 12. The molecule has 2 saturated heterocycles. The van der Waals surface area contributed by atoms with Crippen LogP contribution < -0.4 is 10.6 Å². The molecule has 3 unspecified atom stereocenters. The number of likely N-dealkylation sites (N-methyl/N-ethyl adjacent to an activating group) is 7. The molecule has 29 heteroatoms. The molecule has 598 valence electrons. The van der Waals surface area contributed by atoms with E-state index in [2.05, 4.69) is 10.6 Å². The van der Waals surface area contributed by atoms with Crippen LogP contribution in [0.2, 0.25) is 0 Å². The van der Waals surface area contributed by atoms with Gasteiger partial charge in [0.25, 0.3) is 0 Å². The van der Waals surface area contributed by atoms with E-state index in [1.165, 1.54) is 112 Å². The van der Waals surface area contributed by atoms with Crippen molar-refractivity contribution in [3.05, 3.63) is 12.2 Å². The molecule has 26 nitrogen and oxygen atoms in total. The quantitative estimate of drug-likeness (QED) is 0.154. The van der Waals surface area contributed by atoms with Gasteiger partial charge in [-0.25, -0.2) is 0 Å². The van der Waals surface area contributed by atoms with Crippen molar-refractivity contribution in [3.8, 4) is 0 Å². The van der Waals surface area contributed by atoms with Crippen LogP contribution in [0.25, 0.3) is 0 Å². The van der Waals surface area contributed by atoms with Gasteiger partial charge in [-0.1, -0.05) is 105 Å². The Morgan fingerprint density at radius 1 is 0.651 bits per heavy atom. The summed E-state index contributed by atoms with van der Waals surface area (Å²) in [5.74, 6) is -10.6. The lowest BCUT2D eigenvalue weighted by Crippen LogP contribution is -2.68. The van der Waals surface area contributed by atoms with E-state index in [1.807, 2.05) is 39.8 Å². The number of halogens is 3. The number of methoxy groups -OCH3 is 1. The van der Waals surface area contributed by atoms with Crippen LogP contribution in [-0.2, 0) is 67.0 Å². The average molecular weight is 1500 g/mol. The van der Waals surface area contributed by atoms with Gasteiger partial charge in [-0.3, -0.25) is 57.5 Å². The number of fused-ring (bicyclic) bond motifs is 3. The highest BCUT2D eigenvalue weighted by molar-refractivity contribution is 6.01. The summed E-state index contributed by atoms with van der Waals surface area (Å²) in [6, 6.07) is -10.4. The Morgan fingerprint density at radius 2 is 1.32 bits per heavy atom. The molecule has 2 bridgehead atoms. The van der Waals surface area contributed by atoms with Crippen molar-refractivity contribution in [1.82, 2.24) is 59.6 Å². The van der Waals surface area contributed by atoms with Crippen LogP contribution in [0, 0.1) is 29.6 Å². The first-order valence-corrected chi connectivity index (χ1v) is 39.3. The van der Waals surface area contributed by atoms with Crippen molar-refractivity contribution >= 4 is 70.9 Å². The second-order valence-corrected chi connectivity index (χ2v) is 31.6. The minimum atomic E-state index is -4.52. The number of carbonyl (C=O) groups is 12. The topological polar surface area (TPSA) is 280 Å². The highest BCUT2D eigenvalue weighted by Crippen LogP contribution is 2.44. The summed E-state index contributed by atoms with van der Waals surface area (Å²) in [4.78, 5) is 197. The van der Waals surface area contributed by atoms with Gasteiger partial charge in [-0.15, -0.1) is 0 Å². The number of nitrogens with zero attached hydrogens (tertiary/aromatic N) is 10. The normalized spacial score (nSPS) is 30.1. The molecule has 0 aromatic rings. The van der Waals surface area contributed by atoms with E-state index in [-0.39, 0.29) is 108 Å². The lowest BCUT2D eigenvalue weighted by Gasteiger charge is -2.51. The van der Waals surface area contributed by atoms with Crippen LogP contribution >= 0.6 is 0 Å². The smallest absolute Gasteiger partial charge is 0.381 e. The van der Waals surface area contributed by atoms with Gasteiger partial charge < -0.3 is 69.1 Å². The van der Waals surface area contributed by atoms with Gasteiger partial charge in [0.2, 0.25) is 70.9 Å². The van der Waals surface area contributed by atoms with Crippen LogP contribution in [0.1, 0.15) is 202 Å². The van der Waals surface area contributed by atoms with E-state index in [9.17, 15) is 37.1 Å². The van der Waals surface area contributed by atoms with Crippen molar-refractivity contribution < 1.29 is 80.2 Å². The number of nitrogens with one attached hydrogen (secondary N) is 2. The average Bonchev–Trinajstić information content (AvgIpc) is 1.50. The molecule has 3 heterocycles. The zero-order valence-corrected chi connectivity index (χ0v) is 65.9. The predicted molar refractivity (Wildman–Crippen MR) is 391 cm³/mol. The van der Waals surface area contributed by atoms with Gasteiger partial charge in [0, 0.05) is 95.7 Å². The summed E-state index contributed by atoms with van der Waals surface area (Å²) in [6.07, 6.45) is 5.42. The number of carbonyl (C=O) groups excluding carboxylic acids is 12. The Balaban J connectivity index is 1.34. The minimum absolute atomic E-state index is 0.0149. The zero-order chi connectivity index (χ0) is 78.4. The molecular formula is C77H125F3N12O14. The van der Waals surface area contributed by atoms with Crippen molar-refractivity contribution in [2.24, 2.45) is 29.6 Å². The summed E-state index contributed by atoms with van der Waals surface area (Å²) in [7, 11) is 12.9. The first-order chi connectivity index (χ1) is 50.2. The monoisotopic (exact) mass is 1500 g/mol. The fourth-order valence-corrected chi connectivity index (χ4v) is 17.2. The maximum atomic E-state index is 15.8. The maximum Gasteiger partial charge on any atom is 0.394 e. The predicted octanol–water partition coefficient (Wildman–Crippen LogP) is 6.17.